The number of fused-ring (bicyclic) bond motifs is 1. The third kappa shape index (κ3) is 1.84. The smallest absolute Gasteiger partial charge is 0.222 e. The molecule has 3 rings (SSSR count). The molecular formula is C13H14N4O. The molecule has 18 heavy (non-hydrogen) atoms. The maximum atomic E-state index is 11.2. The number of nitrogen functional groups attached to an aromatic ring is 1. The number of hydrogen-bond acceptors (Lipinski definition) is 4. The van der Waals surface area contributed by atoms with Gasteiger partial charge in [-0.3, -0.25) is 9.78 Å². The first-order chi connectivity index (χ1) is 8.74. The van der Waals surface area contributed by atoms with Crippen LogP contribution in [0.2, 0.25) is 0 Å². The summed E-state index contributed by atoms with van der Waals surface area (Å²) in [5.41, 5.74) is 8.40. The van der Waals surface area contributed by atoms with Crippen LogP contribution < -0.4 is 16.4 Å². The second-order valence-electron chi connectivity index (χ2n) is 4.45. The zero-order valence-electron chi connectivity index (χ0n) is 9.81. The fourth-order valence-corrected chi connectivity index (χ4v) is 2.24. The average molecular weight is 242 g/mol. The molecule has 1 fully saturated rings. The standard InChI is InChI=1S/C13H14N4O/c14-10-3-4-11(13-9(10)2-1-5-15-13)17-8-6-12(18)16-7-8/h1-5,8,17H,6-7,14H2,(H,16,18). The van der Waals surface area contributed by atoms with Crippen molar-refractivity contribution in [2.75, 3.05) is 17.6 Å². The van der Waals surface area contributed by atoms with E-state index in [-0.39, 0.29) is 11.9 Å². The Labute approximate surface area is 104 Å². The molecule has 5 nitrogen and oxygen atoms in total. The number of benzene rings is 1. The molecule has 0 aliphatic carbocycles. The molecule has 92 valence electrons. The number of hydrogen-bond donors (Lipinski definition) is 3. The summed E-state index contributed by atoms with van der Waals surface area (Å²) in [6.07, 6.45) is 2.24. The van der Waals surface area contributed by atoms with Crippen molar-refractivity contribution in [1.29, 1.82) is 0 Å². The maximum Gasteiger partial charge on any atom is 0.222 e. The van der Waals surface area contributed by atoms with Crippen molar-refractivity contribution in [3.63, 3.8) is 0 Å². The molecular weight excluding hydrogens is 228 g/mol. The van der Waals surface area contributed by atoms with E-state index in [0.717, 1.165) is 16.6 Å². The van der Waals surface area contributed by atoms with Crippen molar-refractivity contribution < 1.29 is 4.79 Å². The van der Waals surface area contributed by atoms with Crippen LogP contribution in [0.4, 0.5) is 11.4 Å². The Kier molecular flexibility index (Phi) is 2.51. The highest BCUT2D eigenvalue weighted by atomic mass is 16.1. The highest BCUT2D eigenvalue weighted by molar-refractivity contribution is 5.98. The lowest BCUT2D eigenvalue weighted by molar-refractivity contribution is -0.119. The Morgan fingerprint density at radius 1 is 1.39 bits per heavy atom. The summed E-state index contributed by atoms with van der Waals surface area (Å²) in [7, 11) is 0. The Morgan fingerprint density at radius 2 is 2.28 bits per heavy atom. The number of pyridine rings is 1. The summed E-state index contributed by atoms with van der Waals surface area (Å²) in [5.74, 6) is 0.0835. The predicted octanol–water partition coefficient (Wildman–Crippen LogP) is 1.12. The number of nitrogens with two attached hydrogens (primary N) is 1. The third-order valence-corrected chi connectivity index (χ3v) is 3.14. The lowest BCUT2D eigenvalue weighted by Crippen LogP contribution is -2.22. The summed E-state index contributed by atoms with van der Waals surface area (Å²) < 4.78 is 0. The normalized spacial score (nSPS) is 18.9. The highest BCUT2D eigenvalue weighted by Crippen LogP contribution is 2.27. The molecule has 1 aromatic carbocycles. The number of nitrogens with zero attached hydrogens (tertiary/aromatic N) is 1. The van der Waals surface area contributed by atoms with Crippen LogP contribution in [0.15, 0.2) is 30.5 Å². The van der Waals surface area contributed by atoms with E-state index in [4.69, 9.17) is 5.73 Å². The summed E-state index contributed by atoms with van der Waals surface area (Å²) in [5, 5.41) is 7.07. The van der Waals surface area contributed by atoms with Crippen LogP contribution in [0.5, 0.6) is 0 Å². The molecule has 1 aliphatic heterocycles. The lowest BCUT2D eigenvalue weighted by atomic mass is 10.1. The number of carbonyl (C=O) groups excluding carboxylic acids is 1. The van der Waals surface area contributed by atoms with Crippen molar-refractivity contribution in [2.45, 2.75) is 12.5 Å². The zero-order chi connectivity index (χ0) is 12.5. The van der Waals surface area contributed by atoms with Crippen LogP contribution in [-0.4, -0.2) is 23.5 Å². The van der Waals surface area contributed by atoms with Gasteiger partial charge in [-0.05, 0) is 24.3 Å². The average Bonchev–Trinajstić information content (AvgIpc) is 2.79. The maximum absolute atomic E-state index is 11.2. The predicted molar refractivity (Wildman–Crippen MR) is 71.2 cm³/mol. The molecule has 1 amide bonds. The SMILES string of the molecule is Nc1ccc(NC2CNC(=O)C2)c2ncccc12. The summed E-state index contributed by atoms with van der Waals surface area (Å²) in [6.45, 7) is 0.650. The van der Waals surface area contributed by atoms with E-state index in [1.807, 2.05) is 24.3 Å². The fraction of sp³-hybridized carbons (Fsp3) is 0.231. The van der Waals surface area contributed by atoms with E-state index in [2.05, 4.69) is 15.6 Å². The van der Waals surface area contributed by atoms with E-state index in [9.17, 15) is 4.79 Å². The van der Waals surface area contributed by atoms with Gasteiger partial charge in [0.15, 0.2) is 0 Å². The Hall–Kier alpha value is -2.30. The van der Waals surface area contributed by atoms with E-state index < -0.39 is 0 Å². The first kappa shape index (κ1) is 10.8. The van der Waals surface area contributed by atoms with Gasteiger partial charge in [0.25, 0.3) is 0 Å². The Balaban J connectivity index is 1.97. The third-order valence-electron chi connectivity index (χ3n) is 3.14. The molecule has 1 aromatic heterocycles. The molecule has 0 spiro atoms. The van der Waals surface area contributed by atoms with E-state index >= 15 is 0 Å². The van der Waals surface area contributed by atoms with Crippen LogP contribution in [0, 0.1) is 0 Å². The molecule has 1 saturated heterocycles. The number of aromatic nitrogens is 1. The number of anilines is 2. The largest absolute Gasteiger partial charge is 0.398 e. The van der Waals surface area contributed by atoms with Crippen molar-refractivity contribution in [2.24, 2.45) is 0 Å². The molecule has 0 bridgehead atoms. The minimum atomic E-state index is 0.0835. The van der Waals surface area contributed by atoms with Crippen LogP contribution in [0.25, 0.3) is 10.9 Å². The van der Waals surface area contributed by atoms with Gasteiger partial charge in [0.1, 0.15) is 0 Å². The molecule has 1 unspecified atom stereocenters. The van der Waals surface area contributed by atoms with Gasteiger partial charge >= 0.3 is 0 Å². The van der Waals surface area contributed by atoms with Crippen molar-refractivity contribution in [3.05, 3.63) is 30.5 Å². The molecule has 0 saturated carbocycles. The highest BCUT2D eigenvalue weighted by Gasteiger charge is 2.21. The van der Waals surface area contributed by atoms with Gasteiger partial charge in [0.05, 0.1) is 17.2 Å². The first-order valence-electron chi connectivity index (χ1n) is 5.90. The van der Waals surface area contributed by atoms with E-state index in [0.29, 0.717) is 18.7 Å². The number of rotatable bonds is 2. The van der Waals surface area contributed by atoms with Gasteiger partial charge in [0, 0.05) is 30.2 Å². The van der Waals surface area contributed by atoms with Gasteiger partial charge in [0.2, 0.25) is 5.91 Å². The van der Waals surface area contributed by atoms with Crippen LogP contribution in [0.3, 0.4) is 0 Å². The molecule has 1 aliphatic rings. The van der Waals surface area contributed by atoms with Crippen LogP contribution in [0.1, 0.15) is 6.42 Å². The molecule has 4 N–H and O–H groups in total. The molecule has 0 radical (unpaired) electrons. The van der Waals surface area contributed by atoms with Gasteiger partial charge in [-0.25, -0.2) is 0 Å². The van der Waals surface area contributed by atoms with Gasteiger partial charge < -0.3 is 16.4 Å². The minimum Gasteiger partial charge on any atom is -0.398 e. The summed E-state index contributed by atoms with van der Waals surface area (Å²) in [6, 6.07) is 7.69. The van der Waals surface area contributed by atoms with E-state index in [1.54, 1.807) is 6.20 Å². The van der Waals surface area contributed by atoms with Crippen molar-refractivity contribution in [3.8, 4) is 0 Å². The van der Waals surface area contributed by atoms with Crippen molar-refractivity contribution in [1.82, 2.24) is 10.3 Å². The van der Waals surface area contributed by atoms with Gasteiger partial charge in [-0.2, -0.15) is 0 Å². The Morgan fingerprint density at radius 3 is 3.06 bits per heavy atom. The lowest BCUT2D eigenvalue weighted by Gasteiger charge is -2.14. The van der Waals surface area contributed by atoms with Crippen LogP contribution in [-0.2, 0) is 4.79 Å². The van der Waals surface area contributed by atoms with Crippen molar-refractivity contribution >= 4 is 28.2 Å². The molecule has 1 atom stereocenters. The first-order valence-corrected chi connectivity index (χ1v) is 5.90. The molecule has 2 aromatic rings. The topological polar surface area (TPSA) is 80.0 Å². The van der Waals surface area contributed by atoms with E-state index in [1.165, 1.54) is 0 Å². The molecule has 5 heteroatoms. The van der Waals surface area contributed by atoms with Gasteiger partial charge in [-0.1, -0.05) is 0 Å². The molecule has 2 heterocycles. The van der Waals surface area contributed by atoms with Gasteiger partial charge in [-0.15, -0.1) is 0 Å². The second kappa shape index (κ2) is 4.18. The quantitative estimate of drug-likeness (QED) is 0.689. The number of nitrogens with one attached hydrogen (secondary N) is 2. The fourth-order valence-electron chi connectivity index (χ4n) is 2.24. The monoisotopic (exact) mass is 242 g/mol. The Bertz CT molecular complexity index is 611. The van der Waals surface area contributed by atoms with Crippen LogP contribution >= 0.6 is 0 Å². The number of carbonyl (C=O) groups is 1. The summed E-state index contributed by atoms with van der Waals surface area (Å²) in [4.78, 5) is 15.5. The minimum absolute atomic E-state index is 0.0835. The summed E-state index contributed by atoms with van der Waals surface area (Å²) >= 11 is 0. The second-order valence-corrected chi connectivity index (χ2v) is 4.45. The zero-order valence-corrected chi connectivity index (χ0v) is 9.81. The number of amides is 1.